The molecule has 0 N–H and O–H groups in total. The van der Waals surface area contributed by atoms with E-state index in [1.165, 1.54) is 71.4 Å². The zero-order chi connectivity index (χ0) is 26.2. The SMILES string of the molecule is c1cc2cc3c(cc2cc1N1CCCCC1)oc1cc2c(cc13)oc1cc3cc(N4CCCCC4)ccc3cc12. The Morgan fingerprint density at radius 2 is 0.775 bits per heavy atom. The number of furan rings is 2. The summed E-state index contributed by atoms with van der Waals surface area (Å²) in [6, 6.07) is 27.1. The van der Waals surface area contributed by atoms with Gasteiger partial charge in [-0.1, -0.05) is 12.1 Å². The summed E-state index contributed by atoms with van der Waals surface area (Å²) < 4.78 is 13.0. The van der Waals surface area contributed by atoms with E-state index in [1.54, 1.807) is 0 Å². The smallest absolute Gasteiger partial charge is 0.136 e. The van der Waals surface area contributed by atoms with Gasteiger partial charge < -0.3 is 18.6 Å². The van der Waals surface area contributed by atoms with Gasteiger partial charge in [0.1, 0.15) is 22.3 Å². The molecule has 0 amide bonds. The Labute approximate surface area is 232 Å². The molecule has 0 saturated carbocycles. The van der Waals surface area contributed by atoms with E-state index in [2.05, 4.69) is 82.6 Å². The third-order valence-electron chi connectivity index (χ3n) is 9.39. The first-order chi connectivity index (χ1) is 19.8. The zero-order valence-corrected chi connectivity index (χ0v) is 22.7. The van der Waals surface area contributed by atoms with Gasteiger partial charge in [-0.15, -0.1) is 0 Å². The maximum Gasteiger partial charge on any atom is 0.136 e. The van der Waals surface area contributed by atoms with Crippen molar-refractivity contribution in [1.29, 1.82) is 0 Å². The van der Waals surface area contributed by atoms with Gasteiger partial charge in [0.15, 0.2) is 0 Å². The number of fused-ring (bicyclic) bond motifs is 8. The Hall–Kier alpha value is -4.18. The van der Waals surface area contributed by atoms with E-state index in [1.807, 2.05) is 0 Å². The quantitative estimate of drug-likeness (QED) is 0.225. The van der Waals surface area contributed by atoms with Gasteiger partial charge >= 0.3 is 0 Å². The van der Waals surface area contributed by atoms with E-state index in [4.69, 9.17) is 8.83 Å². The molecule has 4 heterocycles. The van der Waals surface area contributed by atoms with Gasteiger partial charge in [0.05, 0.1) is 0 Å². The highest BCUT2D eigenvalue weighted by molar-refractivity contribution is 6.18. The zero-order valence-electron chi connectivity index (χ0n) is 22.7. The van der Waals surface area contributed by atoms with Gasteiger partial charge in [-0.3, -0.25) is 0 Å². The Bertz CT molecular complexity index is 1940. The van der Waals surface area contributed by atoms with Crippen LogP contribution in [0.1, 0.15) is 38.5 Å². The van der Waals surface area contributed by atoms with E-state index < -0.39 is 0 Å². The van der Waals surface area contributed by atoms with Crippen LogP contribution in [0.25, 0.3) is 65.4 Å². The van der Waals surface area contributed by atoms with Gasteiger partial charge in [0, 0.05) is 59.1 Å². The molecule has 4 heteroatoms. The summed E-state index contributed by atoms with van der Waals surface area (Å²) in [5.41, 5.74) is 6.34. The van der Waals surface area contributed by atoms with Crippen LogP contribution < -0.4 is 9.80 Å². The Morgan fingerprint density at radius 3 is 1.23 bits per heavy atom. The predicted molar refractivity (Wildman–Crippen MR) is 168 cm³/mol. The third kappa shape index (κ3) is 3.51. The lowest BCUT2D eigenvalue weighted by molar-refractivity contribution is 0.578. The van der Waals surface area contributed by atoms with Crippen molar-refractivity contribution in [1.82, 2.24) is 0 Å². The van der Waals surface area contributed by atoms with Crippen LogP contribution in [-0.2, 0) is 0 Å². The number of rotatable bonds is 2. The van der Waals surface area contributed by atoms with Crippen molar-refractivity contribution in [2.75, 3.05) is 36.0 Å². The van der Waals surface area contributed by atoms with E-state index in [0.29, 0.717) is 0 Å². The summed E-state index contributed by atoms with van der Waals surface area (Å²) in [6.45, 7) is 4.61. The summed E-state index contributed by atoms with van der Waals surface area (Å²) in [5.74, 6) is 0. The maximum atomic E-state index is 6.48. The highest BCUT2D eigenvalue weighted by Crippen LogP contribution is 2.40. The first-order valence-corrected chi connectivity index (χ1v) is 15.0. The Kier molecular flexibility index (Phi) is 4.90. The van der Waals surface area contributed by atoms with Crippen molar-refractivity contribution >= 4 is 76.8 Å². The minimum absolute atomic E-state index is 0.914. The second kappa shape index (κ2) is 8.66. The second-order valence-electron chi connectivity index (χ2n) is 11.9. The molecule has 2 aliphatic heterocycles. The number of nitrogens with zero attached hydrogens (tertiary/aromatic N) is 2. The number of hydrogen-bond acceptors (Lipinski definition) is 4. The molecule has 2 aliphatic rings. The lowest BCUT2D eigenvalue weighted by Crippen LogP contribution is -2.29. The normalized spacial score (nSPS) is 16.9. The fraction of sp³-hybridized carbons (Fsp3) is 0.278. The van der Waals surface area contributed by atoms with Crippen molar-refractivity contribution in [2.24, 2.45) is 0 Å². The molecule has 40 heavy (non-hydrogen) atoms. The van der Waals surface area contributed by atoms with Crippen molar-refractivity contribution in [2.45, 2.75) is 38.5 Å². The summed E-state index contributed by atoms with van der Waals surface area (Å²) >= 11 is 0. The van der Waals surface area contributed by atoms with Crippen LogP contribution in [0.5, 0.6) is 0 Å². The van der Waals surface area contributed by atoms with Gasteiger partial charge in [-0.25, -0.2) is 0 Å². The van der Waals surface area contributed by atoms with E-state index >= 15 is 0 Å². The van der Waals surface area contributed by atoms with Crippen LogP contribution in [0, 0.1) is 0 Å². The van der Waals surface area contributed by atoms with Crippen LogP contribution in [0.4, 0.5) is 11.4 Å². The minimum atomic E-state index is 0.914. The fourth-order valence-corrected chi connectivity index (χ4v) is 7.20. The Balaban J connectivity index is 1.16. The molecular formula is C36H32N2O2. The standard InChI is InChI=1S/C36H32N2O2/c1-3-11-37(12-4-1)27-9-7-23-17-29-31-21-36-32(22-35(31)39-33(29)19-25(23)15-27)30-18-24-8-10-28(38-13-5-2-6-14-38)16-26(24)20-34(30)40-36/h7-10,15-22H,1-6,11-14H2. The first-order valence-electron chi connectivity index (χ1n) is 15.0. The topological polar surface area (TPSA) is 32.8 Å². The largest absolute Gasteiger partial charge is 0.456 e. The minimum Gasteiger partial charge on any atom is -0.456 e. The van der Waals surface area contributed by atoms with Crippen LogP contribution in [0.2, 0.25) is 0 Å². The van der Waals surface area contributed by atoms with Gasteiger partial charge in [0.25, 0.3) is 0 Å². The van der Waals surface area contributed by atoms with E-state index in [-0.39, 0.29) is 0 Å². The molecule has 2 aromatic heterocycles. The first kappa shape index (κ1) is 22.6. The molecule has 0 unspecified atom stereocenters. The molecule has 7 aromatic rings. The summed E-state index contributed by atoms with van der Waals surface area (Å²) in [5, 5.41) is 9.48. The average Bonchev–Trinajstić information content (AvgIpc) is 3.53. The monoisotopic (exact) mass is 524 g/mol. The number of piperidine rings is 2. The van der Waals surface area contributed by atoms with E-state index in [0.717, 1.165) is 70.1 Å². The van der Waals surface area contributed by atoms with Crippen molar-refractivity contribution in [3.8, 4) is 0 Å². The average molecular weight is 525 g/mol. The van der Waals surface area contributed by atoms with Crippen molar-refractivity contribution < 1.29 is 8.83 Å². The second-order valence-corrected chi connectivity index (χ2v) is 11.9. The summed E-state index contributed by atoms with van der Waals surface area (Å²) in [7, 11) is 0. The molecule has 0 radical (unpaired) electrons. The summed E-state index contributed by atoms with van der Waals surface area (Å²) in [6.07, 6.45) is 7.82. The predicted octanol–water partition coefficient (Wildman–Crippen LogP) is 9.77. The van der Waals surface area contributed by atoms with Crippen molar-refractivity contribution in [3.05, 3.63) is 72.8 Å². The molecule has 0 aliphatic carbocycles. The summed E-state index contributed by atoms with van der Waals surface area (Å²) in [4.78, 5) is 5.03. The fourth-order valence-electron chi connectivity index (χ4n) is 7.20. The van der Waals surface area contributed by atoms with Crippen LogP contribution in [0.15, 0.2) is 81.6 Å². The number of anilines is 2. The molecule has 0 atom stereocenters. The molecule has 9 rings (SSSR count). The molecule has 0 spiro atoms. The van der Waals surface area contributed by atoms with Gasteiger partial charge in [-0.2, -0.15) is 0 Å². The van der Waals surface area contributed by atoms with Crippen LogP contribution >= 0.6 is 0 Å². The van der Waals surface area contributed by atoms with Crippen molar-refractivity contribution in [3.63, 3.8) is 0 Å². The molecule has 5 aromatic carbocycles. The Morgan fingerprint density at radius 1 is 0.375 bits per heavy atom. The third-order valence-corrected chi connectivity index (χ3v) is 9.39. The molecule has 2 fully saturated rings. The highest BCUT2D eigenvalue weighted by atomic mass is 16.3. The van der Waals surface area contributed by atoms with Crippen LogP contribution in [0.3, 0.4) is 0 Å². The molecule has 4 nitrogen and oxygen atoms in total. The molecule has 198 valence electrons. The lowest BCUT2D eigenvalue weighted by Gasteiger charge is -2.29. The lowest BCUT2D eigenvalue weighted by atomic mass is 10.0. The maximum absolute atomic E-state index is 6.48. The molecule has 2 saturated heterocycles. The van der Waals surface area contributed by atoms with Gasteiger partial charge in [0.2, 0.25) is 0 Å². The van der Waals surface area contributed by atoms with Gasteiger partial charge in [-0.05, 0) is 121 Å². The highest BCUT2D eigenvalue weighted by Gasteiger charge is 2.17. The molecule has 0 bridgehead atoms. The van der Waals surface area contributed by atoms with E-state index in [9.17, 15) is 0 Å². The molecular weight excluding hydrogens is 492 g/mol. The number of benzene rings is 5. The van der Waals surface area contributed by atoms with Crippen LogP contribution in [-0.4, -0.2) is 26.2 Å². The number of hydrogen-bond donors (Lipinski definition) is 0.